The number of hydrogen-bond donors (Lipinski definition) is 0. The molecule has 0 saturated carbocycles. The molecule has 2 nitrogen and oxygen atoms in total. The zero-order valence-corrected chi connectivity index (χ0v) is 10.2. The van der Waals surface area contributed by atoms with Gasteiger partial charge in [-0.05, 0) is 30.3 Å². The van der Waals surface area contributed by atoms with E-state index in [9.17, 15) is 13.2 Å². The number of hydrogen-bond acceptors (Lipinski definition) is 1. The van der Waals surface area contributed by atoms with Gasteiger partial charge in [-0.15, -0.1) is 0 Å². The Hall–Kier alpha value is -1.30. The van der Waals surface area contributed by atoms with E-state index in [1.807, 2.05) is 0 Å². The van der Waals surface area contributed by atoms with Crippen molar-refractivity contribution < 1.29 is 13.2 Å². The van der Waals surface area contributed by atoms with E-state index in [4.69, 9.17) is 0 Å². The normalized spacial score (nSPS) is 11.8. The van der Waals surface area contributed by atoms with Crippen molar-refractivity contribution in [1.82, 2.24) is 9.78 Å². The van der Waals surface area contributed by atoms with Gasteiger partial charge in [0, 0.05) is 11.5 Å². The molecule has 0 spiro atoms. The van der Waals surface area contributed by atoms with E-state index < -0.39 is 11.7 Å². The fraction of sp³-hybridized carbons (Fsp3) is 0.182. The van der Waals surface area contributed by atoms with E-state index in [0.29, 0.717) is 11.0 Å². The number of aromatic nitrogens is 2. The fourth-order valence-corrected chi connectivity index (χ4v) is 1.88. The summed E-state index contributed by atoms with van der Waals surface area (Å²) in [4.78, 5) is 0. The van der Waals surface area contributed by atoms with Crippen molar-refractivity contribution in [2.24, 2.45) is 0 Å². The first-order valence-corrected chi connectivity index (χ1v) is 5.91. The zero-order chi connectivity index (χ0) is 12.5. The van der Waals surface area contributed by atoms with Crippen molar-refractivity contribution in [3.05, 3.63) is 47.8 Å². The lowest BCUT2D eigenvalue weighted by molar-refractivity contribution is -0.137. The van der Waals surface area contributed by atoms with E-state index in [0.717, 1.165) is 17.8 Å². The van der Waals surface area contributed by atoms with Crippen LogP contribution in [0.1, 0.15) is 11.3 Å². The second-order valence-electron chi connectivity index (χ2n) is 3.41. The molecule has 6 heteroatoms. The van der Waals surface area contributed by atoms with Crippen molar-refractivity contribution in [2.75, 3.05) is 0 Å². The van der Waals surface area contributed by atoms with Crippen molar-refractivity contribution in [2.45, 2.75) is 11.5 Å². The quantitative estimate of drug-likeness (QED) is 0.772. The van der Waals surface area contributed by atoms with Crippen molar-refractivity contribution in [3.63, 3.8) is 0 Å². The lowest BCUT2D eigenvalue weighted by atomic mass is 10.2. The summed E-state index contributed by atoms with van der Waals surface area (Å²) in [5.74, 6) is 0. The summed E-state index contributed by atoms with van der Waals surface area (Å²) >= 11 is 3.29. The van der Waals surface area contributed by atoms with Crippen LogP contribution in [0.2, 0.25) is 0 Å². The molecule has 0 N–H and O–H groups in total. The Bertz CT molecular complexity index is 502. The average Bonchev–Trinajstić information content (AvgIpc) is 2.76. The van der Waals surface area contributed by atoms with Crippen molar-refractivity contribution >= 4 is 15.9 Å². The van der Waals surface area contributed by atoms with Crippen LogP contribution in [-0.4, -0.2) is 9.78 Å². The van der Waals surface area contributed by atoms with Crippen LogP contribution in [0.5, 0.6) is 0 Å². The Kier molecular flexibility index (Phi) is 3.24. The zero-order valence-electron chi connectivity index (χ0n) is 8.58. The van der Waals surface area contributed by atoms with Crippen LogP contribution in [-0.2, 0) is 11.5 Å². The molecule has 0 aliphatic heterocycles. The maximum atomic E-state index is 12.4. The lowest BCUT2D eigenvalue weighted by Crippen LogP contribution is -2.06. The van der Waals surface area contributed by atoms with Crippen LogP contribution in [0.4, 0.5) is 13.2 Å². The lowest BCUT2D eigenvalue weighted by Gasteiger charge is -2.09. The van der Waals surface area contributed by atoms with Crippen LogP contribution in [0.15, 0.2) is 36.5 Å². The Labute approximate surface area is 104 Å². The Morgan fingerprint density at radius 3 is 2.29 bits per heavy atom. The molecule has 1 aromatic heterocycles. The molecule has 0 atom stereocenters. The SMILES string of the molecule is FC(F)(F)c1ccc(-n2nccc2CBr)cc1. The number of rotatable bonds is 2. The first-order chi connectivity index (χ1) is 8.02. The summed E-state index contributed by atoms with van der Waals surface area (Å²) in [6.07, 6.45) is -2.70. The fourth-order valence-electron chi connectivity index (χ4n) is 1.46. The van der Waals surface area contributed by atoms with Gasteiger partial charge in [0.05, 0.1) is 16.9 Å². The second kappa shape index (κ2) is 4.52. The minimum atomic E-state index is -4.30. The van der Waals surface area contributed by atoms with Crippen LogP contribution in [0.3, 0.4) is 0 Å². The predicted molar refractivity (Wildman–Crippen MR) is 61.2 cm³/mol. The van der Waals surface area contributed by atoms with Gasteiger partial charge in [0.15, 0.2) is 0 Å². The highest BCUT2D eigenvalue weighted by atomic mass is 79.9. The Morgan fingerprint density at radius 2 is 1.76 bits per heavy atom. The minimum Gasteiger partial charge on any atom is -0.237 e. The van der Waals surface area contributed by atoms with Crippen molar-refractivity contribution in [3.8, 4) is 5.69 Å². The second-order valence-corrected chi connectivity index (χ2v) is 3.97. The van der Waals surface area contributed by atoms with Gasteiger partial charge in [-0.25, -0.2) is 4.68 Å². The first-order valence-electron chi connectivity index (χ1n) is 4.79. The Balaban J connectivity index is 2.36. The smallest absolute Gasteiger partial charge is 0.237 e. The highest BCUT2D eigenvalue weighted by molar-refractivity contribution is 9.08. The van der Waals surface area contributed by atoms with Crippen LogP contribution in [0.25, 0.3) is 5.69 Å². The summed E-state index contributed by atoms with van der Waals surface area (Å²) in [5, 5.41) is 4.65. The summed E-state index contributed by atoms with van der Waals surface area (Å²) in [6.45, 7) is 0. The molecule has 2 aromatic rings. The van der Waals surface area contributed by atoms with E-state index in [1.165, 1.54) is 12.1 Å². The van der Waals surface area contributed by atoms with Crippen molar-refractivity contribution in [1.29, 1.82) is 0 Å². The van der Waals surface area contributed by atoms with E-state index in [1.54, 1.807) is 16.9 Å². The van der Waals surface area contributed by atoms with Gasteiger partial charge >= 0.3 is 6.18 Å². The number of alkyl halides is 4. The molecule has 0 aliphatic rings. The molecular weight excluding hydrogens is 297 g/mol. The topological polar surface area (TPSA) is 17.8 Å². The largest absolute Gasteiger partial charge is 0.416 e. The summed E-state index contributed by atoms with van der Waals surface area (Å²) < 4.78 is 38.7. The molecule has 0 bridgehead atoms. The highest BCUT2D eigenvalue weighted by Crippen LogP contribution is 2.29. The number of benzene rings is 1. The summed E-state index contributed by atoms with van der Waals surface area (Å²) in [6, 6.07) is 6.71. The minimum absolute atomic E-state index is 0.591. The van der Waals surface area contributed by atoms with Gasteiger partial charge in [-0.1, -0.05) is 15.9 Å². The molecule has 0 saturated heterocycles. The van der Waals surface area contributed by atoms with Crippen LogP contribution < -0.4 is 0 Å². The summed E-state index contributed by atoms with van der Waals surface area (Å²) in [7, 11) is 0. The maximum Gasteiger partial charge on any atom is 0.416 e. The molecule has 17 heavy (non-hydrogen) atoms. The molecule has 0 fully saturated rings. The van der Waals surface area contributed by atoms with Crippen LogP contribution in [0, 0.1) is 0 Å². The predicted octanol–water partition coefficient (Wildman–Crippen LogP) is 3.79. The molecule has 1 heterocycles. The number of halogens is 4. The molecular formula is C11H8BrF3N2. The van der Waals surface area contributed by atoms with Gasteiger partial charge < -0.3 is 0 Å². The third kappa shape index (κ3) is 2.52. The van der Waals surface area contributed by atoms with Gasteiger partial charge in [0.25, 0.3) is 0 Å². The van der Waals surface area contributed by atoms with Gasteiger partial charge in [-0.3, -0.25) is 0 Å². The highest BCUT2D eigenvalue weighted by Gasteiger charge is 2.30. The third-order valence-corrected chi connectivity index (χ3v) is 2.87. The monoisotopic (exact) mass is 304 g/mol. The summed E-state index contributed by atoms with van der Waals surface area (Å²) in [5.41, 5.74) is 0.830. The Morgan fingerprint density at radius 1 is 1.12 bits per heavy atom. The first kappa shape index (κ1) is 12.2. The van der Waals surface area contributed by atoms with Crippen LogP contribution >= 0.6 is 15.9 Å². The van der Waals surface area contributed by atoms with E-state index in [-0.39, 0.29) is 0 Å². The maximum absolute atomic E-state index is 12.4. The van der Waals surface area contributed by atoms with E-state index in [2.05, 4.69) is 21.0 Å². The van der Waals surface area contributed by atoms with Gasteiger partial charge in [0.2, 0.25) is 0 Å². The molecule has 1 aromatic carbocycles. The molecule has 0 unspecified atom stereocenters. The molecule has 2 rings (SSSR count). The molecule has 0 amide bonds. The third-order valence-electron chi connectivity index (χ3n) is 2.30. The van der Waals surface area contributed by atoms with E-state index >= 15 is 0 Å². The van der Waals surface area contributed by atoms with Gasteiger partial charge in [0.1, 0.15) is 0 Å². The number of nitrogens with zero attached hydrogens (tertiary/aromatic N) is 2. The molecule has 0 radical (unpaired) electrons. The molecule has 0 aliphatic carbocycles. The average molecular weight is 305 g/mol. The standard InChI is InChI=1S/C11H8BrF3N2/c12-7-10-5-6-16-17(10)9-3-1-8(2-4-9)11(13,14)15/h1-6H,7H2. The molecule has 90 valence electrons. The van der Waals surface area contributed by atoms with Gasteiger partial charge in [-0.2, -0.15) is 18.3 Å².